The summed E-state index contributed by atoms with van der Waals surface area (Å²) in [6.07, 6.45) is 3.61. The van der Waals surface area contributed by atoms with E-state index < -0.39 is 0 Å². The first-order valence-electron chi connectivity index (χ1n) is 10.3. The summed E-state index contributed by atoms with van der Waals surface area (Å²) in [5.41, 5.74) is 6.73. The first kappa shape index (κ1) is 18.7. The van der Waals surface area contributed by atoms with E-state index in [4.69, 9.17) is 0 Å². The van der Waals surface area contributed by atoms with Gasteiger partial charge in [0.1, 0.15) is 0 Å². The van der Waals surface area contributed by atoms with Gasteiger partial charge in [0.05, 0.1) is 40.8 Å². The molecule has 152 valence electrons. The van der Waals surface area contributed by atoms with E-state index in [9.17, 15) is 0 Å². The van der Waals surface area contributed by atoms with Crippen molar-refractivity contribution in [2.45, 2.75) is 13.0 Å². The highest BCUT2D eigenvalue weighted by Gasteiger charge is 2.15. The van der Waals surface area contributed by atoms with E-state index in [-0.39, 0.29) is 0 Å². The molecule has 0 unspecified atom stereocenters. The number of hydrogen-bond donors (Lipinski definition) is 4. The number of aromatic nitrogens is 4. The Morgan fingerprint density at radius 3 is 2.83 bits per heavy atom. The van der Waals surface area contributed by atoms with Gasteiger partial charge in [0, 0.05) is 48.9 Å². The first-order chi connectivity index (χ1) is 14.8. The van der Waals surface area contributed by atoms with Crippen molar-refractivity contribution in [3.8, 4) is 22.6 Å². The Labute approximate surface area is 175 Å². The van der Waals surface area contributed by atoms with Crippen LogP contribution in [0.4, 0.5) is 5.69 Å². The molecule has 3 aromatic heterocycles. The molecular weight excluding hydrogens is 374 g/mol. The standard InChI is InChI=1S/C23H25N7/c1-15-3-2-4-21(30-15)23-22(28-14-29-23)16-5-6-20-17(9-16)10-18(13-27-20)25-7-8-26-19-11-24-12-19/h2-6,9-10,13-14,19,24-26H,7-8,11-12H2,1H3,(H,28,29). The van der Waals surface area contributed by atoms with Crippen molar-refractivity contribution in [1.29, 1.82) is 0 Å². The minimum absolute atomic E-state index is 0.607. The molecule has 4 aromatic rings. The van der Waals surface area contributed by atoms with Gasteiger partial charge in [-0.25, -0.2) is 4.98 Å². The molecule has 4 N–H and O–H groups in total. The van der Waals surface area contributed by atoms with E-state index in [0.29, 0.717) is 6.04 Å². The van der Waals surface area contributed by atoms with Gasteiger partial charge in [-0.1, -0.05) is 12.1 Å². The van der Waals surface area contributed by atoms with Crippen molar-refractivity contribution in [1.82, 2.24) is 30.6 Å². The molecule has 1 fully saturated rings. The zero-order chi connectivity index (χ0) is 20.3. The van der Waals surface area contributed by atoms with Gasteiger partial charge in [-0.05, 0) is 37.3 Å². The van der Waals surface area contributed by atoms with Crippen LogP contribution in [0.15, 0.2) is 55.0 Å². The maximum absolute atomic E-state index is 4.64. The number of aryl methyl sites for hydroxylation is 1. The van der Waals surface area contributed by atoms with Crippen molar-refractivity contribution >= 4 is 16.6 Å². The number of pyridine rings is 2. The lowest BCUT2D eigenvalue weighted by Crippen LogP contribution is -2.56. The second-order valence-corrected chi connectivity index (χ2v) is 7.66. The summed E-state index contributed by atoms with van der Waals surface area (Å²) in [7, 11) is 0. The van der Waals surface area contributed by atoms with Crippen LogP contribution < -0.4 is 16.0 Å². The van der Waals surface area contributed by atoms with Gasteiger partial charge in [-0.2, -0.15) is 0 Å². The van der Waals surface area contributed by atoms with Crippen LogP contribution in [0.25, 0.3) is 33.5 Å². The monoisotopic (exact) mass is 399 g/mol. The number of hydrogen-bond acceptors (Lipinski definition) is 6. The SMILES string of the molecule is Cc1cccc(-c2[nH]cnc2-c2ccc3ncc(NCCNC4CNC4)cc3c2)n1. The van der Waals surface area contributed by atoms with Crippen molar-refractivity contribution in [2.75, 3.05) is 31.5 Å². The molecule has 0 bridgehead atoms. The molecule has 0 radical (unpaired) electrons. The molecule has 0 spiro atoms. The summed E-state index contributed by atoms with van der Waals surface area (Å²) >= 11 is 0. The van der Waals surface area contributed by atoms with Crippen molar-refractivity contribution < 1.29 is 0 Å². The number of H-pyrrole nitrogens is 1. The lowest BCUT2D eigenvalue weighted by molar-refractivity contribution is 0.372. The summed E-state index contributed by atoms with van der Waals surface area (Å²) in [6, 6.07) is 15.0. The number of fused-ring (bicyclic) bond motifs is 1. The molecule has 0 amide bonds. The van der Waals surface area contributed by atoms with Gasteiger partial charge in [-0.3, -0.25) is 9.97 Å². The minimum Gasteiger partial charge on any atom is -0.383 e. The van der Waals surface area contributed by atoms with Crippen LogP contribution in [0.3, 0.4) is 0 Å². The molecule has 1 aliphatic heterocycles. The fraction of sp³-hybridized carbons (Fsp3) is 0.261. The molecule has 30 heavy (non-hydrogen) atoms. The van der Waals surface area contributed by atoms with Gasteiger partial charge >= 0.3 is 0 Å². The van der Waals surface area contributed by atoms with E-state index in [2.05, 4.69) is 54.1 Å². The number of benzene rings is 1. The van der Waals surface area contributed by atoms with Crippen molar-refractivity contribution in [2.24, 2.45) is 0 Å². The number of nitrogens with one attached hydrogen (secondary N) is 4. The lowest BCUT2D eigenvalue weighted by atomic mass is 10.0. The molecule has 0 aliphatic carbocycles. The van der Waals surface area contributed by atoms with Gasteiger partial charge in [-0.15, -0.1) is 0 Å². The Hall–Kier alpha value is -3.29. The third-order valence-electron chi connectivity index (χ3n) is 5.41. The van der Waals surface area contributed by atoms with Crippen molar-refractivity contribution in [3.63, 3.8) is 0 Å². The molecule has 1 saturated heterocycles. The second-order valence-electron chi connectivity index (χ2n) is 7.66. The summed E-state index contributed by atoms with van der Waals surface area (Å²) < 4.78 is 0. The maximum atomic E-state index is 4.64. The maximum Gasteiger partial charge on any atom is 0.0977 e. The Morgan fingerprint density at radius 2 is 2.00 bits per heavy atom. The molecule has 5 rings (SSSR count). The van der Waals surface area contributed by atoms with E-state index in [1.165, 1.54) is 0 Å². The third-order valence-corrected chi connectivity index (χ3v) is 5.41. The van der Waals surface area contributed by atoms with E-state index in [1.54, 1.807) is 6.33 Å². The quantitative estimate of drug-likeness (QED) is 0.357. The molecule has 7 nitrogen and oxygen atoms in total. The van der Waals surface area contributed by atoms with Crippen LogP contribution in [0.1, 0.15) is 5.69 Å². The van der Waals surface area contributed by atoms with Crippen LogP contribution in [0.5, 0.6) is 0 Å². The fourth-order valence-electron chi connectivity index (χ4n) is 3.68. The molecule has 7 heteroatoms. The Morgan fingerprint density at radius 1 is 1.07 bits per heavy atom. The molecule has 1 aliphatic rings. The normalized spacial score (nSPS) is 14.0. The molecular formula is C23H25N7. The summed E-state index contributed by atoms with van der Waals surface area (Å²) in [4.78, 5) is 17.1. The largest absolute Gasteiger partial charge is 0.383 e. The van der Waals surface area contributed by atoms with Crippen LogP contribution in [0.2, 0.25) is 0 Å². The highest BCUT2D eigenvalue weighted by atomic mass is 15.1. The fourth-order valence-corrected chi connectivity index (χ4v) is 3.68. The van der Waals surface area contributed by atoms with Crippen LogP contribution in [-0.2, 0) is 0 Å². The smallest absolute Gasteiger partial charge is 0.0977 e. The first-order valence-corrected chi connectivity index (χ1v) is 10.3. The van der Waals surface area contributed by atoms with E-state index >= 15 is 0 Å². The average molecular weight is 400 g/mol. The number of rotatable bonds is 7. The Balaban J connectivity index is 1.37. The van der Waals surface area contributed by atoms with E-state index in [1.807, 2.05) is 37.4 Å². The van der Waals surface area contributed by atoms with Gasteiger partial charge < -0.3 is 20.9 Å². The zero-order valence-electron chi connectivity index (χ0n) is 16.9. The van der Waals surface area contributed by atoms with Crippen LogP contribution in [-0.4, -0.2) is 52.2 Å². The van der Waals surface area contributed by atoms with Crippen LogP contribution >= 0.6 is 0 Å². The predicted molar refractivity (Wildman–Crippen MR) is 120 cm³/mol. The zero-order valence-corrected chi connectivity index (χ0v) is 16.9. The molecule has 1 aromatic carbocycles. The van der Waals surface area contributed by atoms with E-state index in [0.717, 1.165) is 71.1 Å². The molecule has 0 saturated carbocycles. The average Bonchev–Trinajstić information content (AvgIpc) is 3.22. The lowest BCUT2D eigenvalue weighted by Gasteiger charge is -2.28. The number of anilines is 1. The van der Waals surface area contributed by atoms with Gasteiger partial charge in [0.25, 0.3) is 0 Å². The molecule has 0 atom stereocenters. The highest BCUT2D eigenvalue weighted by molar-refractivity contribution is 5.88. The summed E-state index contributed by atoms with van der Waals surface area (Å²) in [6.45, 7) is 5.92. The van der Waals surface area contributed by atoms with Gasteiger partial charge in [0.2, 0.25) is 0 Å². The summed E-state index contributed by atoms with van der Waals surface area (Å²) in [5, 5.41) is 11.3. The Bertz CT molecular complexity index is 1160. The van der Waals surface area contributed by atoms with Crippen LogP contribution in [0, 0.1) is 6.92 Å². The minimum atomic E-state index is 0.607. The predicted octanol–water partition coefficient (Wildman–Crippen LogP) is 2.97. The molecule has 4 heterocycles. The highest BCUT2D eigenvalue weighted by Crippen LogP contribution is 2.30. The number of imidazole rings is 1. The number of nitrogens with zero attached hydrogens (tertiary/aromatic N) is 3. The summed E-state index contributed by atoms with van der Waals surface area (Å²) in [5.74, 6) is 0. The van der Waals surface area contributed by atoms with Gasteiger partial charge in [0.15, 0.2) is 0 Å². The third kappa shape index (κ3) is 3.90. The second kappa shape index (κ2) is 8.22. The van der Waals surface area contributed by atoms with Crippen molar-refractivity contribution in [3.05, 3.63) is 60.7 Å². The Kier molecular flexibility index (Phi) is 5.13. The number of aromatic amines is 1. The topological polar surface area (TPSA) is 90.5 Å².